The number of imidazole rings is 1. The summed E-state index contributed by atoms with van der Waals surface area (Å²) in [5, 5.41) is 11.8. The molecule has 5 heterocycles. The van der Waals surface area contributed by atoms with E-state index in [0.717, 1.165) is 62.2 Å². The number of fused-ring (bicyclic) bond motifs is 2. The normalized spacial score (nSPS) is 11.1. The number of benzene rings is 1. The lowest BCUT2D eigenvalue weighted by Crippen LogP contribution is -2.02. The lowest BCUT2D eigenvalue weighted by atomic mass is 10.0. The van der Waals surface area contributed by atoms with E-state index in [9.17, 15) is 4.39 Å². The summed E-state index contributed by atoms with van der Waals surface area (Å²) in [5.74, 6) is 0.788. The summed E-state index contributed by atoms with van der Waals surface area (Å²) in [6, 6.07) is 8.89. The lowest BCUT2D eigenvalue weighted by Gasteiger charge is -2.12. The van der Waals surface area contributed by atoms with E-state index in [0.29, 0.717) is 23.0 Å². The van der Waals surface area contributed by atoms with Crippen LogP contribution in [0.4, 0.5) is 10.1 Å². The van der Waals surface area contributed by atoms with Crippen molar-refractivity contribution >= 4 is 27.6 Å². The van der Waals surface area contributed by atoms with Crippen LogP contribution in [0.2, 0.25) is 0 Å². The van der Waals surface area contributed by atoms with Crippen molar-refractivity contribution in [3.8, 4) is 33.9 Å². The molecular weight excluding hydrogens is 515 g/mol. The summed E-state index contributed by atoms with van der Waals surface area (Å²) in [7, 11) is 0. The molecule has 0 aliphatic rings. The SMILES string of the molecule is C=C(CC(C)C)Nc1cncc(-c2cc3c(-c4nc5c(-c6cc(C)cc(F)c6)cncc5[nH]4)n[nH]c3cn2)c1.CC. The number of hydrogen-bond acceptors (Lipinski definition) is 6. The Hall–Kier alpha value is -4.92. The first-order chi connectivity index (χ1) is 19.8. The first-order valence-corrected chi connectivity index (χ1v) is 13.7. The third-order valence-corrected chi connectivity index (χ3v) is 6.43. The number of aromatic amines is 2. The van der Waals surface area contributed by atoms with Crippen LogP contribution in [-0.2, 0) is 0 Å². The number of H-pyrrole nitrogens is 2. The summed E-state index contributed by atoms with van der Waals surface area (Å²) < 4.78 is 14.2. The number of halogens is 1. The molecule has 3 N–H and O–H groups in total. The Morgan fingerprint density at radius 1 is 0.951 bits per heavy atom. The fraction of sp³-hybridized carbons (Fsp3) is 0.219. The Labute approximate surface area is 238 Å². The van der Waals surface area contributed by atoms with Crippen LogP contribution in [0.3, 0.4) is 0 Å². The first kappa shape index (κ1) is 27.6. The minimum absolute atomic E-state index is 0.297. The molecule has 41 heavy (non-hydrogen) atoms. The molecule has 0 saturated heterocycles. The van der Waals surface area contributed by atoms with E-state index in [1.165, 1.54) is 12.1 Å². The molecule has 0 unspecified atom stereocenters. The highest BCUT2D eigenvalue weighted by molar-refractivity contribution is 5.97. The maximum absolute atomic E-state index is 14.2. The molecule has 0 radical (unpaired) electrons. The predicted molar refractivity (Wildman–Crippen MR) is 164 cm³/mol. The van der Waals surface area contributed by atoms with Gasteiger partial charge in [-0.15, -0.1) is 0 Å². The maximum atomic E-state index is 14.2. The molecule has 0 aliphatic heterocycles. The van der Waals surface area contributed by atoms with Crippen LogP contribution in [0.15, 0.2) is 73.6 Å². The van der Waals surface area contributed by atoms with Crippen molar-refractivity contribution in [1.82, 2.24) is 35.1 Å². The van der Waals surface area contributed by atoms with E-state index in [-0.39, 0.29) is 5.82 Å². The van der Waals surface area contributed by atoms with Crippen molar-refractivity contribution in [3.63, 3.8) is 0 Å². The molecule has 208 valence electrons. The molecule has 6 rings (SSSR count). The summed E-state index contributed by atoms with van der Waals surface area (Å²) in [6.45, 7) is 14.3. The fourth-order valence-electron chi connectivity index (χ4n) is 4.80. The van der Waals surface area contributed by atoms with Gasteiger partial charge < -0.3 is 10.3 Å². The zero-order chi connectivity index (χ0) is 29.1. The van der Waals surface area contributed by atoms with Crippen molar-refractivity contribution in [2.24, 2.45) is 5.92 Å². The van der Waals surface area contributed by atoms with Gasteiger partial charge in [-0.2, -0.15) is 5.10 Å². The molecule has 8 nitrogen and oxygen atoms in total. The van der Waals surface area contributed by atoms with Crippen LogP contribution >= 0.6 is 0 Å². The largest absolute Gasteiger partial charge is 0.358 e. The summed E-state index contributed by atoms with van der Waals surface area (Å²) in [5.41, 5.74) is 8.57. The van der Waals surface area contributed by atoms with Gasteiger partial charge in [0.15, 0.2) is 5.82 Å². The standard InChI is InChI=1S/C30H27FN8.C2H6/c1-16(2)5-18(4)35-22-9-20(11-32-12-22)25-10-23-26(15-34-25)38-39-29(23)30-36-27-14-33-13-24(28(27)37-30)19-6-17(3)7-21(31)8-19;1-2/h6-16,35H,4-5H2,1-3H3,(H,36,37)(H,38,39);1-2H3. The molecular formula is C32H33FN8. The smallest absolute Gasteiger partial charge is 0.159 e. The number of pyridine rings is 3. The number of nitrogens with one attached hydrogen (secondary N) is 3. The van der Waals surface area contributed by atoms with E-state index < -0.39 is 0 Å². The highest BCUT2D eigenvalue weighted by atomic mass is 19.1. The van der Waals surface area contributed by atoms with Crippen molar-refractivity contribution in [2.45, 2.75) is 41.0 Å². The molecule has 0 bridgehead atoms. The number of anilines is 1. The van der Waals surface area contributed by atoms with E-state index in [4.69, 9.17) is 4.98 Å². The van der Waals surface area contributed by atoms with Gasteiger partial charge in [0.1, 0.15) is 11.5 Å². The molecule has 5 aromatic heterocycles. The van der Waals surface area contributed by atoms with Crippen LogP contribution in [0.25, 0.3) is 55.8 Å². The summed E-state index contributed by atoms with van der Waals surface area (Å²) in [4.78, 5) is 21.6. The molecule has 6 aromatic rings. The number of hydrogen-bond donors (Lipinski definition) is 3. The third kappa shape index (κ3) is 5.84. The number of aryl methyl sites for hydroxylation is 1. The van der Waals surface area contributed by atoms with Gasteiger partial charge in [0.25, 0.3) is 0 Å². The summed E-state index contributed by atoms with van der Waals surface area (Å²) in [6.07, 6.45) is 9.60. The topological polar surface area (TPSA) is 108 Å². The quantitative estimate of drug-likeness (QED) is 0.186. The third-order valence-electron chi connectivity index (χ3n) is 6.43. The molecule has 0 saturated carbocycles. The Kier molecular flexibility index (Phi) is 7.87. The van der Waals surface area contributed by atoms with Crippen LogP contribution in [0.1, 0.15) is 39.7 Å². The zero-order valence-corrected chi connectivity index (χ0v) is 23.9. The zero-order valence-electron chi connectivity index (χ0n) is 23.9. The second-order valence-corrected chi connectivity index (χ2v) is 10.2. The molecule has 0 fully saturated rings. The Balaban J connectivity index is 0.00000165. The van der Waals surface area contributed by atoms with E-state index in [1.807, 2.05) is 39.0 Å². The van der Waals surface area contributed by atoms with Gasteiger partial charge in [0.05, 0.1) is 46.5 Å². The number of nitrogens with zero attached hydrogens (tertiary/aromatic N) is 5. The second kappa shape index (κ2) is 11.7. The highest BCUT2D eigenvalue weighted by Gasteiger charge is 2.17. The minimum atomic E-state index is -0.297. The Morgan fingerprint density at radius 3 is 2.54 bits per heavy atom. The van der Waals surface area contributed by atoms with Gasteiger partial charge in [-0.1, -0.05) is 40.3 Å². The maximum Gasteiger partial charge on any atom is 0.159 e. The molecule has 0 spiro atoms. The average molecular weight is 549 g/mol. The number of rotatable bonds is 7. The molecule has 1 aromatic carbocycles. The Morgan fingerprint density at radius 2 is 1.76 bits per heavy atom. The van der Waals surface area contributed by atoms with Gasteiger partial charge in [-0.25, -0.2) is 9.37 Å². The number of allylic oxidation sites excluding steroid dienone is 1. The van der Waals surface area contributed by atoms with Crippen LogP contribution in [-0.4, -0.2) is 35.1 Å². The van der Waals surface area contributed by atoms with Gasteiger partial charge >= 0.3 is 0 Å². The van der Waals surface area contributed by atoms with Gasteiger partial charge in [-0.3, -0.25) is 20.1 Å². The highest BCUT2D eigenvalue weighted by Crippen LogP contribution is 2.33. The van der Waals surface area contributed by atoms with Crippen molar-refractivity contribution in [1.29, 1.82) is 0 Å². The molecule has 9 heteroatoms. The van der Waals surface area contributed by atoms with Gasteiger partial charge in [0, 0.05) is 34.6 Å². The van der Waals surface area contributed by atoms with Gasteiger partial charge in [-0.05, 0) is 54.7 Å². The van der Waals surface area contributed by atoms with E-state index in [1.54, 1.807) is 31.0 Å². The van der Waals surface area contributed by atoms with Crippen LogP contribution in [0.5, 0.6) is 0 Å². The average Bonchev–Trinajstić information content (AvgIpc) is 3.57. The minimum Gasteiger partial charge on any atom is -0.358 e. The lowest BCUT2D eigenvalue weighted by molar-refractivity contribution is 0.627. The van der Waals surface area contributed by atoms with Crippen LogP contribution < -0.4 is 5.32 Å². The number of aromatic nitrogens is 7. The molecule has 0 atom stereocenters. The Bertz CT molecular complexity index is 1830. The van der Waals surface area contributed by atoms with Gasteiger partial charge in [0.2, 0.25) is 0 Å². The van der Waals surface area contributed by atoms with E-state index in [2.05, 4.69) is 55.9 Å². The van der Waals surface area contributed by atoms with Crippen molar-refractivity contribution in [3.05, 3.63) is 85.0 Å². The first-order valence-electron chi connectivity index (χ1n) is 13.7. The van der Waals surface area contributed by atoms with Crippen LogP contribution in [0, 0.1) is 18.7 Å². The molecule has 0 aliphatic carbocycles. The molecule has 0 amide bonds. The predicted octanol–water partition coefficient (Wildman–Crippen LogP) is 8.07. The second-order valence-electron chi connectivity index (χ2n) is 10.2. The van der Waals surface area contributed by atoms with Crippen molar-refractivity contribution in [2.75, 3.05) is 5.32 Å². The monoisotopic (exact) mass is 548 g/mol. The van der Waals surface area contributed by atoms with Crippen molar-refractivity contribution < 1.29 is 4.39 Å². The van der Waals surface area contributed by atoms with E-state index >= 15 is 0 Å². The summed E-state index contributed by atoms with van der Waals surface area (Å²) >= 11 is 0. The fourth-order valence-corrected chi connectivity index (χ4v) is 4.80.